The summed E-state index contributed by atoms with van der Waals surface area (Å²) in [5, 5.41) is 3.65. The van der Waals surface area contributed by atoms with Gasteiger partial charge in [-0.1, -0.05) is 67.2 Å². The van der Waals surface area contributed by atoms with Crippen molar-refractivity contribution in [2.75, 3.05) is 31.6 Å². The van der Waals surface area contributed by atoms with Gasteiger partial charge in [-0.15, -0.1) is 0 Å². The maximum Gasteiger partial charge on any atom is 0.264 e. The van der Waals surface area contributed by atoms with Gasteiger partial charge in [-0.25, -0.2) is 8.42 Å². The number of halogens is 2. The van der Waals surface area contributed by atoms with Crippen LogP contribution in [0.2, 0.25) is 10.0 Å². The highest BCUT2D eigenvalue weighted by molar-refractivity contribution is 7.92. The summed E-state index contributed by atoms with van der Waals surface area (Å²) in [4.78, 5) is 28.9. The molecule has 0 aliphatic heterocycles. The lowest BCUT2D eigenvalue weighted by atomic mass is 10.1. The van der Waals surface area contributed by atoms with E-state index >= 15 is 0 Å². The van der Waals surface area contributed by atoms with Gasteiger partial charge >= 0.3 is 0 Å². The number of aryl methyl sites for hydroxylation is 1. The molecular formula is C32H39Cl2N3O6S. The van der Waals surface area contributed by atoms with Crippen molar-refractivity contribution in [2.24, 2.45) is 0 Å². The number of hydrogen-bond acceptors (Lipinski definition) is 6. The van der Waals surface area contributed by atoms with Gasteiger partial charge < -0.3 is 19.7 Å². The third kappa shape index (κ3) is 8.58. The van der Waals surface area contributed by atoms with Crippen LogP contribution in [0.1, 0.15) is 44.2 Å². The van der Waals surface area contributed by atoms with Crippen LogP contribution in [0.5, 0.6) is 11.5 Å². The molecule has 238 valence electrons. The molecule has 3 aromatic rings. The van der Waals surface area contributed by atoms with E-state index in [2.05, 4.69) is 5.32 Å². The molecule has 44 heavy (non-hydrogen) atoms. The van der Waals surface area contributed by atoms with Gasteiger partial charge in [0, 0.05) is 29.2 Å². The van der Waals surface area contributed by atoms with Gasteiger partial charge in [-0.2, -0.15) is 0 Å². The Morgan fingerprint density at radius 1 is 0.932 bits per heavy atom. The van der Waals surface area contributed by atoms with Crippen molar-refractivity contribution in [3.63, 3.8) is 0 Å². The van der Waals surface area contributed by atoms with Crippen LogP contribution in [0.4, 0.5) is 5.69 Å². The van der Waals surface area contributed by atoms with Crippen molar-refractivity contribution in [2.45, 2.75) is 57.5 Å². The van der Waals surface area contributed by atoms with Crippen molar-refractivity contribution in [1.82, 2.24) is 10.2 Å². The standard InChI is InChI=1S/C32H39Cl2N3O6S/c1-6-8-17-35-32(39)28(7-2)36(20-23-11-12-24(33)18-27(23)34)31(38)21-37(25-13-9-22(3)10-14-25)44(40,41)26-15-16-29(42-4)30(19-26)43-5/h9-16,18-19,28H,6-8,17,20-21H2,1-5H3,(H,35,39). The number of benzene rings is 3. The molecule has 0 radical (unpaired) electrons. The fourth-order valence-corrected chi connectivity index (χ4v) is 6.50. The summed E-state index contributed by atoms with van der Waals surface area (Å²) < 4.78 is 40.0. The van der Waals surface area contributed by atoms with Crippen LogP contribution in [0.25, 0.3) is 0 Å². The summed E-state index contributed by atoms with van der Waals surface area (Å²) in [6.45, 7) is 5.53. The van der Waals surface area contributed by atoms with E-state index in [0.717, 1.165) is 22.7 Å². The number of carbonyl (C=O) groups excluding carboxylic acids is 2. The number of hydrogen-bond donors (Lipinski definition) is 1. The number of carbonyl (C=O) groups is 2. The number of nitrogens with one attached hydrogen (secondary N) is 1. The molecule has 0 bridgehead atoms. The lowest BCUT2D eigenvalue weighted by molar-refractivity contribution is -0.140. The highest BCUT2D eigenvalue weighted by Gasteiger charge is 2.34. The Morgan fingerprint density at radius 3 is 2.20 bits per heavy atom. The second-order valence-electron chi connectivity index (χ2n) is 10.2. The monoisotopic (exact) mass is 663 g/mol. The molecule has 9 nitrogen and oxygen atoms in total. The molecule has 2 amide bonds. The summed E-state index contributed by atoms with van der Waals surface area (Å²) in [7, 11) is -1.44. The Kier molecular flexibility index (Phi) is 12.7. The average Bonchev–Trinajstić information content (AvgIpc) is 3.00. The lowest BCUT2D eigenvalue weighted by Gasteiger charge is -2.33. The molecule has 0 saturated heterocycles. The van der Waals surface area contributed by atoms with E-state index in [1.54, 1.807) is 49.4 Å². The molecule has 0 aliphatic carbocycles. The van der Waals surface area contributed by atoms with E-state index in [-0.39, 0.29) is 28.8 Å². The van der Waals surface area contributed by atoms with Crippen LogP contribution in [0.3, 0.4) is 0 Å². The molecule has 1 N–H and O–H groups in total. The third-order valence-electron chi connectivity index (χ3n) is 7.12. The third-order valence-corrected chi connectivity index (χ3v) is 9.47. The minimum atomic E-state index is -4.30. The van der Waals surface area contributed by atoms with E-state index in [0.29, 0.717) is 34.3 Å². The number of ether oxygens (including phenoxy) is 2. The zero-order chi connectivity index (χ0) is 32.4. The fourth-order valence-electron chi connectivity index (χ4n) is 4.60. The molecule has 3 aromatic carbocycles. The second kappa shape index (κ2) is 16.0. The predicted molar refractivity (Wildman–Crippen MR) is 174 cm³/mol. The quantitative estimate of drug-likeness (QED) is 0.193. The molecule has 0 fully saturated rings. The Morgan fingerprint density at radius 2 is 1.61 bits per heavy atom. The second-order valence-corrected chi connectivity index (χ2v) is 12.9. The van der Waals surface area contributed by atoms with Crippen molar-refractivity contribution in [3.05, 3.63) is 81.8 Å². The van der Waals surface area contributed by atoms with Crippen LogP contribution in [0.15, 0.2) is 65.6 Å². The van der Waals surface area contributed by atoms with Gasteiger partial charge in [0.25, 0.3) is 10.0 Å². The van der Waals surface area contributed by atoms with Gasteiger partial charge in [0.15, 0.2) is 11.5 Å². The minimum Gasteiger partial charge on any atom is -0.493 e. The van der Waals surface area contributed by atoms with E-state index in [1.807, 2.05) is 13.8 Å². The molecule has 0 aliphatic rings. The molecule has 1 atom stereocenters. The number of sulfonamides is 1. The van der Waals surface area contributed by atoms with E-state index < -0.39 is 28.5 Å². The van der Waals surface area contributed by atoms with Gasteiger partial charge in [0.1, 0.15) is 12.6 Å². The highest BCUT2D eigenvalue weighted by Crippen LogP contribution is 2.33. The first kappa shape index (κ1) is 35.0. The van der Waals surface area contributed by atoms with Gasteiger partial charge in [-0.3, -0.25) is 13.9 Å². The summed E-state index contributed by atoms with van der Waals surface area (Å²) in [6, 6.07) is 15.0. The van der Waals surface area contributed by atoms with Gasteiger partial charge in [-0.05, 0) is 61.7 Å². The summed E-state index contributed by atoms with van der Waals surface area (Å²) >= 11 is 12.6. The zero-order valence-electron chi connectivity index (χ0n) is 25.6. The fraction of sp³-hybridized carbons (Fsp3) is 0.375. The van der Waals surface area contributed by atoms with E-state index in [4.69, 9.17) is 32.7 Å². The Bertz CT molecular complexity index is 1550. The zero-order valence-corrected chi connectivity index (χ0v) is 27.9. The van der Waals surface area contributed by atoms with Crippen LogP contribution in [-0.4, -0.2) is 58.5 Å². The van der Waals surface area contributed by atoms with Crippen LogP contribution < -0.4 is 19.1 Å². The Labute approximate surface area is 270 Å². The largest absolute Gasteiger partial charge is 0.493 e. The number of unbranched alkanes of at least 4 members (excludes halogenated alkanes) is 1. The van der Waals surface area contributed by atoms with Crippen molar-refractivity contribution in [1.29, 1.82) is 0 Å². The number of amides is 2. The van der Waals surface area contributed by atoms with E-state index in [9.17, 15) is 18.0 Å². The number of anilines is 1. The normalized spacial score (nSPS) is 11.9. The molecule has 0 aromatic heterocycles. The topological polar surface area (TPSA) is 105 Å². The maximum absolute atomic E-state index is 14.2. The minimum absolute atomic E-state index is 0.0350. The van der Waals surface area contributed by atoms with Crippen LogP contribution in [0, 0.1) is 6.92 Å². The first-order valence-electron chi connectivity index (χ1n) is 14.3. The first-order chi connectivity index (χ1) is 21.0. The molecule has 1 unspecified atom stereocenters. The van der Waals surface area contributed by atoms with E-state index in [1.165, 1.54) is 37.3 Å². The van der Waals surface area contributed by atoms with Crippen molar-refractivity contribution in [3.8, 4) is 11.5 Å². The summed E-state index contributed by atoms with van der Waals surface area (Å²) in [5.74, 6) is -0.338. The number of rotatable bonds is 15. The molecule has 12 heteroatoms. The molecule has 0 heterocycles. The van der Waals surface area contributed by atoms with Gasteiger partial charge in [0.2, 0.25) is 11.8 Å². The summed E-state index contributed by atoms with van der Waals surface area (Å²) in [6.07, 6.45) is 1.96. The molecule has 0 spiro atoms. The molecule has 0 saturated carbocycles. The molecule has 3 rings (SSSR count). The number of nitrogens with zero attached hydrogens (tertiary/aromatic N) is 2. The van der Waals surface area contributed by atoms with Gasteiger partial charge in [0.05, 0.1) is 24.8 Å². The van der Waals surface area contributed by atoms with Crippen LogP contribution >= 0.6 is 23.2 Å². The SMILES string of the molecule is CCCCNC(=O)C(CC)N(Cc1ccc(Cl)cc1Cl)C(=O)CN(c1ccc(C)cc1)S(=O)(=O)c1ccc(OC)c(OC)c1. The Balaban J connectivity index is 2.09. The first-order valence-corrected chi connectivity index (χ1v) is 16.5. The van der Waals surface area contributed by atoms with Crippen molar-refractivity contribution < 1.29 is 27.5 Å². The maximum atomic E-state index is 14.2. The smallest absolute Gasteiger partial charge is 0.264 e. The average molecular weight is 665 g/mol. The summed E-state index contributed by atoms with van der Waals surface area (Å²) in [5.41, 5.74) is 1.76. The highest BCUT2D eigenvalue weighted by atomic mass is 35.5. The lowest BCUT2D eigenvalue weighted by Crippen LogP contribution is -2.52. The van der Waals surface area contributed by atoms with Crippen LogP contribution in [-0.2, 0) is 26.2 Å². The molecular weight excluding hydrogens is 625 g/mol. The predicted octanol–water partition coefficient (Wildman–Crippen LogP) is 6.24. The van der Waals surface area contributed by atoms with Crippen molar-refractivity contribution >= 4 is 50.7 Å². The number of methoxy groups -OCH3 is 2. The Hall–Kier alpha value is -3.47.